The van der Waals surface area contributed by atoms with Crippen molar-refractivity contribution in [3.05, 3.63) is 69.7 Å². The minimum Gasteiger partial charge on any atom is -0.313 e. The zero-order chi connectivity index (χ0) is 13.2. The molecule has 2 aromatic carbocycles. The molecule has 0 radical (unpaired) electrons. The minimum atomic E-state index is 0.482. The van der Waals surface area contributed by atoms with Crippen LogP contribution in [-0.4, -0.2) is 7.05 Å². The van der Waals surface area contributed by atoms with Gasteiger partial charge in [0.25, 0.3) is 0 Å². The fraction of sp³-hybridized carbons (Fsp3) is 0.294. The Kier molecular flexibility index (Phi) is 3.72. The van der Waals surface area contributed by atoms with Crippen molar-refractivity contribution in [2.45, 2.75) is 18.9 Å². The molecule has 1 aliphatic rings. The molecule has 1 aliphatic carbocycles. The Morgan fingerprint density at radius 3 is 2.79 bits per heavy atom. The standard InChI is InChI=1S/C17H18BrN/c1-19-17-14(9-12-5-4-7-15(18)10-12)11-13-6-2-3-8-16(13)17/h2-8,10,14,17,19H,9,11H2,1H3. The lowest BCUT2D eigenvalue weighted by atomic mass is 9.93. The summed E-state index contributed by atoms with van der Waals surface area (Å²) < 4.78 is 1.17. The number of fused-ring (bicyclic) bond motifs is 1. The molecule has 3 rings (SSSR count). The van der Waals surface area contributed by atoms with E-state index in [0.717, 1.165) is 6.42 Å². The molecule has 2 atom stereocenters. The lowest BCUT2D eigenvalue weighted by Crippen LogP contribution is -2.23. The normalized spacial score (nSPS) is 21.4. The van der Waals surface area contributed by atoms with Crippen LogP contribution in [0.15, 0.2) is 53.0 Å². The Morgan fingerprint density at radius 1 is 1.16 bits per heavy atom. The van der Waals surface area contributed by atoms with Gasteiger partial charge in [-0.15, -0.1) is 0 Å². The van der Waals surface area contributed by atoms with Gasteiger partial charge in [0.1, 0.15) is 0 Å². The summed E-state index contributed by atoms with van der Waals surface area (Å²) in [5.74, 6) is 0.650. The summed E-state index contributed by atoms with van der Waals surface area (Å²) >= 11 is 3.56. The van der Waals surface area contributed by atoms with E-state index in [2.05, 4.69) is 76.8 Å². The van der Waals surface area contributed by atoms with E-state index < -0.39 is 0 Å². The molecule has 0 bridgehead atoms. The molecule has 0 aliphatic heterocycles. The van der Waals surface area contributed by atoms with E-state index in [1.807, 2.05) is 0 Å². The van der Waals surface area contributed by atoms with Gasteiger partial charge in [0.2, 0.25) is 0 Å². The smallest absolute Gasteiger partial charge is 0.0355 e. The molecule has 19 heavy (non-hydrogen) atoms. The van der Waals surface area contributed by atoms with Gasteiger partial charge >= 0.3 is 0 Å². The van der Waals surface area contributed by atoms with E-state index in [4.69, 9.17) is 0 Å². The van der Waals surface area contributed by atoms with Gasteiger partial charge in [-0.25, -0.2) is 0 Å². The van der Waals surface area contributed by atoms with Crippen LogP contribution < -0.4 is 5.32 Å². The van der Waals surface area contributed by atoms with Crippen LogP contribution in [0.1, 0.15) is 22.7 Å². The highest BCUT2D eigenvalue weighted by Crippen LogP contribution is 2.37. The van der Waals surface area contributed by atoms with Crippen LogP contribution in [0.3, 0.4) is 0 Å². The molecule has 0 amide bonds. The second kappa shape index (κ2) is 5.48. The molecule has 0 fully saturated rings. The summed E-state index contributed by atoms with van der Waals surface area (Å²) in [5, 5.41) is 3.49. The monoisotopic (exact) mass is 315 g/mol. The number of nitrogens with one attached hydrogen (secondary N) is 1. The summed E-state index contributed by atoms with van der Waals surface area (Å²) in [6.07, 6.45) is 2.30. The SMILES string of the molecule is CNC1c2ccccc2CC1Cc1cccc(Br)c1. The van der Waals surface area contributed by atoms with Crippen LogP contribution in [0, 0.1) is 5.92 Å². The van der Waals surface area contributed by atoms with E-state index >= 15 is 0 Å². The van der Waals surface area contributed by atoms with Gasteiger partial charge in [0, 0.05) is 10.5 Å². The van der Waals surface area contributed by atoms with Crippen molar-refractivity contribution in [2.24, 2.45) is 5.92 Å². The number of hydrogen-bond acceptors (Lipinski definition) is 1. The topological polar surface area (TPSA) is 12.0 Å². The van der Waals surface area contributed by atoms with Crippen molar-refractivity contribution < 1.29 is 0 Å². The van der Waals surface area contributed by atoms with Gasteiger partial charge in [0.15, 0.2) is 0 Å². The Labute approximate surface area is 123 Å². The molecule has 0 saturated carbocycles. The van der Waals surface area contributed by atoms with E-state index in [1.165, 1.54) is 27.6 Å². The van der Waals surface area contributed by atoms with Crippen LogP contribution in [0.2, 0.25) is 0 Å². The number of rotatable bonds is 3. The Balaban J connectivity index is 1.83. The number of benzene rings is 2. The van der Waals surface area contributed by atoms with Crippen molar-refractivity contribution in [1.82, 2.24) is 5.32 Å². The van der Waals surface area contributed by atoms with Crippen molar-refractivity contribution in [2.75, 3.05) is 7.05 Å². The van der Waals surface area contributed by atoms with Crippen LogP contribution in [0.5, 0.6) is 0 Å². The molecule has 2 heteroatoms. The highest BCUT2D eigenvalue weighted by atomic mass is 79.9. The van der Waals surface area contributed by atoms with Crippen LogP contribution in [-0.2, 0) is 12.8 Å². The maximum absolute atomic E-state index is 3.56. The molecule has 2 unspecified atom stereocenters. The largest absolute Gasteiger partial charge is 0.313 e. The molecule has 0 aromatic heterocycles. The maximum atomic E-state index is 3.56. The molecule has 0 heterocycles. The number of hydrogen-bond donors (Lipinski definition) is 1. The van der Waals surface area contributed by atoms with E-state index in [0.29, 0.717) is 12.0 Å². The first kappa shape index (κ1) is 12.9. The molecular weight excluding hydrogens is 298 g/mol. The van der Waals surface area contributed by atoms with Gasteiger partial charge in [-0.2, -0.15) is 0 Å². The van der Waals surface area contributed by atoms with Crippen molar-refractivity contribution in [3.63, 3.8) is 0 Å². The lowest BCUT2D eigenvalue weighted by molar-refractivity contribution is 0.410. The highest BCUT2D eigenvalue weighted by Gasteiger charge is 2.30. The fourth-order valence-corrected chi connectivity index (χ4v) is 3.67. The zero-order valence-corrected chi connectivity index (χ0v) is 12.7. The van der Waals surface area contributed by atoms with Gasteiger partial charge < -0.3 is 5.32 Å². The molecule has 1 N–H and O–H groups in total. The third-order valence-electron chi connectivity index (χ3n) is 4.04. The molecule has 98 valence electrons. The predicted octanol–water partition coefficient (Wildman–Crippen LogP) is 4.12. The summed E-state index contributed by atoms with van der Waals surface area (Å²) in [5.41, 5.74) is 4.39. The molecular formula is C17H18BrN. The first-order valence-corrected chi connectivity index (χ1v) is 7.56. The lowest BCUT2D eigenvalue weighted by Gasteiger charge is -2.20. The summed E-state index contributed by atoms with van der Waals surface area (Å²) in [6, 6.07) is 18.0. The van der Waals surface area contributed by atoms with Crippen LogP contribution >= 0.6 is 15.9 Å². The second-order valence-electron chi connectivity index (χ2n) is 5.26. The molecule has 1 nitrogen and oxygen atoms in total. The van der Waals surface area contributed by atoms with E-state index in [9.17, 15) is 0 Å². The fourth-order valence-electron chi connectivity index (χ4n) is 3.23. The minimum absolute atomic E-state index is 0.482. The third-order valence-corrected chi connectivity index (χ3v) is 4.53. The van der Waals surface area contributed by atoms with Gasteiger partial charge in [-0.3, -0.25) is 0 Å². The van der Waals surface area contributed by atoms with Crippen molar-refractivity contribution in [3.8, 4) is 0 Å². The van der Waals surface area contributed by atoms with Gasteiger partial charge in [-0.1, -0.05) is 52.3 Å². The first-order chi connectivity index (χ1) is 9.28. The molecule has 0 saturated heterocycles. The van der Waals surface area contributed by atoms with Gasteiger partial charge in [-0.05, 0) is 54.6 Å². The first-order valence-electron chi connectivity index (χ1n) is 6.77. The summed E-state index contributed by atoms with van der Waals surface area (Å²) in [4.78, 5) is 0. The van der Waals surface area contributed by atoms with E-state index in [-0.39, 0.29) is 0 Å². The number of halogens is 1. The Bertz CT molecular complexity index is 579. The van der Waals surface area contributed by atoms with Crippen molar-refractivity contribution in [1.29, 1.82) is 0 Å². The van der Waals surface area contributed by atoms with Gasteiger partial charge in [0.05, 0.1) is 0 Å². The summed E-state index contributed by atoms with van der Waals surface area (Å²) in [6.45, 7) is 0. The maximum Gasteiger partial charge on any atom is 0.0355 e. The molecule has 2 aromatic rings. The Morgan fingerprint density at radius 2 is 2.00 bits per heavy atom. The zero-order valence-electron chi connectivity index (χ0n) is 11.1. The predicted molar refractivity (Wildman–Crippen MR) is 83.3 cm³/mol. The quantitative estimate of drug-likeness (QED) is 0.898. The van der Waals surface area contributed by atoms with E-state index in [1.54, 1.807) is 0 Å². The summed E-state index contributed by atoms with van der Waals surface area (Å²) in [7, 11) is 2.07. The van der Waals surface area contributed by atoms with Crippen LogP contribution in [0.4, 0.5) is 0 Å². The van der Waals surface area contributed by atoms with Crippen molar-refractivity contribution >= 4 is 15.9 Å². The highest BCUT2D eigenvalue weighted by molar-refractivity contribution is 9.10. The average Bonchev–Trinajstić information content (AvgIpc) is 2.75. The second-order valence-corrected chi connectivity index (χ2v) is 6.18. The third kappa shape index (κ3) is 2.60. The van der Waals surface area contributed by atoms with Crippen LogP contribution in [0.25, 0.3) is 0 Å². The average molecular weight is 316 g/mol. The molecule has 0 spiro atoms. The Hall–Kier alpha value is -1.12.